The molecule has 5 rings (SSSR count). The van der Waals surface area contributed by atoms with Crippen LogP contribution in [-0.2, 0) is 27.6 Å². The molecular formula is C24H26N4O5S. The lowest BCUT2D eigenvalue weighted by Crippen LogP contribution is -2.40. The maximum Gasteiger partial charge on any atom is 0.256 e. The molecule has 1 aliphatic heterocycles. The van der Waals surface area contributed by atoms with Gasteiger partial charge in [0.2, 0.25) is 10.0 Å². The fraction of sp³-hybridized carbons (Fsp3) is 0.333. The summed E-state index contributed by atoms with van der Waals surface area (Å²) >= 11 is 0. The van der Waals surface area contributed by atoms with Gasteiger partial charge < -0.3 is 14.8 Å². The molecule has 2 aliphatic rings. The van der Waals surface area contributed by atoms with Crippen LogP contribution in [0.25, 0.3) is 5.69 Å². The van der Waals surface area contributed by atoms with E-state index in [0.717, 1.165) is 36.2 Å². The van der Waals surface area contributed by atoms with Crippen molar-refractivity contribution in [3.05, 3.63) is 65.4 Å². The lowest BCUT2D eigenvalue weighted by atomic mass is 10.2. The first kappa shape index (κ1) is 22.6. The zero-order valence-corrected chi connectivity index (χ0v) is 19.7. The predicted molar refractivity (Wildman–Crippen MR) is 126 cm³/mol. The molecule has 0 atom stereocenters. The van der Waals surface area contributed by atoms with Gasteiger partial charge in [0.1, 0.15) is 16.5 Å². The summed E-state index contributed by atoms with van der Waals surface area (Å²) in [5, 5.41) is 7.71. The van der Waals surface area contributed by atoms with Gasteiger partial charge in [-0.05, 0) is 49.6 Å². The molecule has 1 fully saturated rings. The standard InChI is InChI=1S/C24H26N4O5S/c1-32-21-11-10-17(16-22(21)34(30,31)27-12-14-33-15-13-27)24(29)25-23-19-8-5-9-20(19)26-28(23)18-6-3-2-4-7-18/h2-4,6-7,10-11,16H,5,8-9,12-15H2,1H3,(H,25,29). The second-order valence-corrected chi connectivity index (χ2v) is 10.1. The van der Waals surface area contributed by atoms with Crippen molar-refractivity contribution in [3.8, 4) is 11.4 Å². The number of morpholine rings is 1. The van der Waals surface area contributed by atoms with E-state index in [2.05, 4.69) is 5.32 Å². The number of anilines is 1. The molecule has 1 saturated heterocycles. The van der Waals surface area contributed by atoms with Gasteiger partial charge in [0, 0.05) is 24.2 Å². The SMILES string of the molecule is COc1ccc(C(=O)Nc2c3c(nn2-c2ccccc2)CCC3)cc1S(=O)(=O)N1CCOCC1. The Kier molecular flexibility index (Phi) is 6.11. The molecule has 0 bridgehead atoms. The topological polar surface area (TPSA) is 103 Å². The zero-order valence-electron chi connectivity index (χ0n) is 18.9. The van der Waals surface area contributed by atoms with Crippen molar-refractivity contribution in [1.29, 1.82) is 0 Å². The summed E-state index contributed by atoms with van der Waals surface area (Å²) in [6.07, 6.45) is 2.68. The van der Waals surface area contributed by atoms with Crippen LogP contribution in [-0.4, -0.2) is 61.8 Å². The molecule has 178 valence electrons. The molecule has 2 heterocycles. The van der Waals surface area contributed by atoms with E-state index < -0.39 is 15.9 Å². The second-order valence-electron chi connectivity index (χ2n) is 8.21. The number of aromatic nitrogens is 2. The molecule has 3 aromatic rings. The molecule has 1 amide bonds. The van der Waals surface area contributed by atoms with Crippen LogP contribution in [0.1, 0.15) is 28.0 Å². The number of fused-ring (bicyclic) bond motifs is 1. The van der Waals surface area contributed by atoms with Crippen LogP contribution in [0.15, 0.2) is 53.4 Å². The Hall–Kier alpha value is -3.21. The lowest BCUT2D eigenvalue weighted by molar-refractivity contribution is 0.0729. The van der Waals surface area contributed by atoms with E-state index in [-0.39, 0.29) is 29.3 Å². The van der Waals surface area contributed by atoms with E-state index in [1.807, 2.05) is 30.3 Å². The smallest absolute Gasteiger partial charge is 0.256 e. The van der Waals surface area contributed by atoms with Crippen molar-refractivity contribution in [1.82, 2.24) is 14.1 Å². The second kappa shape index (κ2) is 9.21. The Morgan fingerprint density at radius 3 is 2.59 bits per heavy atom. The first-order valence-electron chi connectivity index (χ1n) is 11.2. The van der Waals surface area contributed by atoms with E-state index >= 15 is 0 Å². The minimum atomic E-state index is -3.85. The van der Waals surface area contributed by atoms with Crippen LogP contribution in [0.3, 0.4) is 0 Å². The summed E-state index contributed by atoms with van der Waals surface area (Å²) in [6.45, 7) is 1.17. The van der Waals surface area contributed by atoms with Crippen molar-refractivity contribution >= 4 is 21.7 Å². The van der Waals surface area contributed by atoms with Crippen molar-refractivity contribution < 1.29 is 22.7 Å². The summed E-state index contributed by atoms with van der Waals surface area (Å²) in [4.78, 5) is 13.3. The summed E-state index contributed by atoms with van der Waals surface area (Å²) in [7, 11) is -2.44. The molecule has 0 spiro atoms. The van der Waals surface area contributed by atoms with Crippen molar-refractivity contribution in [2.24, 2.45) is 0 Å². The largest absolute Gasteiger partial charge is 0.495 e. The van der Waals surface area contributed by atoms with Crippen LogP contribution in [0.4, 0.5) is 5.82 Å². The highest BCUT2D eigenvalue weighted by molar-refractivity contribution is 7.89. The molecule has 9 nitrogen and oxygen atoms in total. The number of amides is 1. The number of nitrogens with one attached hydrogen (secondary N) is 1. The van der Waals surface area contributed by atoms with E-state index in [1.165, 1.54) is 23.5 Å². The fourth-order valence-electron chi connectivity index (χ4n) is 4.40. The molecule has 0 saturated carbocycles. The normalized spacial score (nSPS) is 16.3. The molecule has 2 aromatic carbocycles. The van der Waals surface area contributed by atoms with Crippen LogP contribution >= 0.6 is 0 Å². The minimum absolute atomic E-state index is 0.0358. The summed E-state index contributed by atoms with van der Waals surface area (Å²) in [5.41, 5.74) is 3.06. The number of carbonyl (C=O) groups excluding carboxylic acids is 1. The van der Waals surface area contributed by atoms with Crippen LogP contribution in [0.5, 0.6) is 5.75 Å². The molecule has 1 aliphatic carbocycles. The molecule has 34 heavy (non-hydrogen) atoms. The molecular weight excluding hydrogens is 456 g/mol. The van der Waals surface area contributed by atoms with Gasteiger partial charge >= 0.3 is 0 Å². The Balaban J connectivity index is 1.49. The predicted octanol–water partition coefficient (Wildman–Crippen LogP) is 2.64. The average molecular weight is 483 g/mol. The van der Waals surface area contributed by atoms with Crippen LogP contribution in [0, 0.1) is 0 Å². The van der Waals surface area contributed by atoms with Crippen molar-refractivity contribution in [3.63, 3.8) is 0 Å². The number of aryl methyl sites for hydroxylation is 1. The fourth-order valence-corrected chi connectivity index (χ4v) is 5.99. The van der Waals surface area contributed by atoms with Gasteiger partial charge in [-0.25, -0.2) is 13.1 Å². The number of sulfonamides is 1. The van der Waals surface area contributed by atoms with Gasteiger partial charge in [-0.15, -0.1) is 0 Å². The van der Waals surface area contributed by atoms with Crippen LogP contribution < -0.4 is 10.1 Å². The third-order valence-electron chi connectivity index (χ3n) is 6.15. The summed E-state index contributed by atoms with van der Waals surface area (Å²) in [5.74, 6) is 0.406. The number of rotatable bonds is 6. The minimum Gasteiger partial charge on any atom is -0.495 e. The number of para-hydroxylation sites is 1. The van der Waals surface area contributed by atoms with Crippen molar-refractivity contribution in [2.45, 2.75) is 24.2 Å². The van der Waals surface area contributed by atoms with E-state index in [1.54, 1.807) is 10.7 Å². The lowest BCUT2D eigenvalue weighted by Gasteiger charge is -2.26. The number of methoxy groups -OCH3 is 1. The van der Waals surface area contributed by atoms with E-state index in [4.69, 9.17) is 14.6 Å². The number of hydrogen-bond donors (Lipinski definition) is 1. The Morgan fingerprint density at radius 2 is 1.85 bits per heavy atom. The first-order valence-corrected chi connectivity index (χ1v) is 12.7. The van der Waals surface area contributed by atoms with Gasteiger partial charge in [-0.1, -0.05) is 18.2 Å². The van der Waals surface area contributed by atoms with Gasteiger partial charge in [-0.2, -0.15) is 9.40 Å². The highest BCUT2D eigenvalue weighted by atomic mass is 32.2. The highest BCUT2D eigenvalue weighted by Gasteiger charge is 2.31. The van der Waals surface area contributed by atoms with E-state index in [0.29, 0.717) is 19.0 Å². The molecule has 0 unspecified atom stereocenters. The van der Waals surface area contributed by atoms with Gasteiger partial charge in [0.15, 0.2) is 0 Å². The number of ether oxygens (including phenoxy) is 2. The maximum absolute atomic E-state index is 13.3. The first-order chi connectivity index (χ1) is 16.5. The number of benzene rings is 2. The molecule has 10 heteroatoms. The molecule has 1 N–H and O–H groups in total. The average Bonchev–Trinajstić information content (AvgIpc) is 3.47. The number of nitrogens with zero attached hydrogens (tertiary/aromatic N) is 3. The van der Waals surface area contributed by atoms with Gasteiger partial charge in [0.25, 0.3) is 5.91 Å². The van der Waals surface area contributed by atoms with E-state index in [9.17, 15) is 13.2 Å². The van der Waals surface area contributed by atoms with Crippen molar-refractivity contribution in [2.75, 3.05) is 38.7 Å². The summed E-state index contributed by atoms with van der Waals surface area (Å²) < 4.78 is 40.3. The highest BCUT2D eigenvalue weighted by Crippen LogP contribution is 2.32. The number of carbonyl (C=O) groups is 1. The Morgan fingerprint density at radius 1 is 1.09 bits per heavy atom. The van der Waals surface area contributed by atoms with Gasteiger partial charge in [0.05, 0.1) is 31.7 Å². The zero-order chi connectivity index (χ0) is 23.7. The Labute approximate surface area is 198 Å². The summed E-state index contributed by atoms with van der Waals surface area (Å²) in [6, 6.07) is 14.1. The third-order valence-corrected chi connectivity index (χ3v) is 8.07. The van der Waals surface area contributed by atoms with Crippen LogP contribution in [0.2, 0.25) is 0 Å². The number of hydrogen-bond acceptors (Lipinski definition) is 6. The quantitative estimate of drug-likeness (QED) is 0.580. The van der Waals surface area contributed by atoms with Gasteiger partial charge in [-0.3, -0.25) is 4.79 Å². The monoisotopic (exact) mass is 482 g/mol. The molecule has 1 aromatic heterocycles. The third kappa shape index (κ3) is 4.08. The molecule has 0 radical (unpaired) electrons. The maximum atomic E-state index is 13.3. The Bertz CT molecular complexity index is 1310.